The number of benzene rings is 11. The molecule has 11 aromatic carbocycles. The molecular formula is C65H41NO. The van der Waals surface area contributed by atoms with Gasteiger partial charge in [-0.1, -0.05) is 212 Å². The Labute approximate surface area is 389 Å². The predicted molar refractivity (Wildman–Crippen MR) is 279 cm³/mol. The first-order valence-corrected chi connectivity index (χ1v) is 23.2. The molecule has 0 radical (unpaired) electrons. The molecule has 1 heterocycles. The fourth-order valence-corrected chi connectivity index (χ4v) is 11.8. The van der Waals surface area contributed by atoms with E-state index in [1.807, 2.05) is 0 Å². The van der Waals surface area contributed by atoms with Gasteiger partial charge in [0.05, 0.1) is 11.1 Å². The summed E-state index contributed by atoms with van der Waals surface area (Å²) >= 11 is 0. The van der Waals surface area contributed by atoms with Gasteiger partial charge in [0.1, 0.15) is 11.3 Å². The Morgan fingerprint density at radius 1 is 0.313 bits per heavy atom. The van der Waals surface area contributed by atoms with Crippen molar-refractivity contribution in [3.63, 3.8) is 0 Å². The normalized spacial score (nSPS) is 12.9. The van der Waals surface area contributed by atoms with E-state index in [1.54, 1.807) is 0 Å². The number of nitrogens with zero attached hydrogens (tertiary/aromatic N) is 1. The molecule has 0 bridgehead atoms. The minimum atomic E-state index is -0.425. The maximum absolute atomic E-state index is 7.13. The Balaban J connectivity index is 0.947. The van der Waals surface area contributed by atoms with Crippen LogP contribution in [0.4, 0.5) is 17.1 Å². The fourth-order valence-electron chi connectivity index (χ4n) is 11.8. The Hall–Kier alpha value is -8.72. The van der Waals surface area contributed by atoms with E-state index in [0.29, 0.717) is 0 Å². The minimum absolute atomic E-state index is 0.425. The second kappa shape index (κ2) is 14.7. The van der Waals surface area contributed by atoms with E-state index in [1.165, 1.54) is 60.7 Å². The number of furan rings is 1. The lowest BCUT2D eigenvalue weighted by molar-refractivity contribution is 0.636. The zero-order chi connectivity index (χ0) is 44.1. The van der Waals surface area contributed by atoms with Crippen LogP contribution in [0.5, 0.6) is 0 Å². The SMILES string of the molecule is c1ccc(-c2oc3c4cc(-c5ccc(N(c6ccccc6)c6cccc7c6-c6ccccc6C76c7ccccc7-c7ccccc76)cc5)ccc4c4ccccc4c3c2-c2ccccc2)cc1. The highest BCUT2D eigenvalue weighted by molar-refractivity contribution is 6.29. The molecule has 0 fully saturated rings. The molecule has 0 unspecified atom stereocenters. The Kier molecular flexibility index (Phi) is 8.23. The summed E-state index contributed by atoms with van der Waals surface area (Å²) in [5.41, 5.74) is 19.9. The number of rotatable bonds is 6. The molecule has 2 aliphatic carbocycles. The lowest BCUT2D eigenvalue weighted by Gasteiger charge is -2.31. The molecule has 0 saturated carbocycles. The molecule has 2 aliphatic rings. The van der Waals surface area contributed by atoms with E-state index in [-0.39, 0.29) is 0 Å². The van der Waals surface area contributed by atoms with Crippen LogP contribution in [0.3, 0.4) is 0 Å². The van der Waals surface area contributed by atoms with Crippen LogP contribution < -0.4 is 4.90 Å². The summed E-state index contributed by atoms with van der Waals surface area (Å²) in [6, 6.07) is 90.9. The van der Waals surface area contributed by atoms with Gasteiger partial charge in [-0.05, 0) is 108 Å². The maximum atomic E-state index is 7.13. The third kappa shape index (κ3) is 5.39. The van der Waals surface area contributed by atoms with Crippen LogP contribution in [0.1, 0.15) is 22.3 Å². The van der Waals surface area contributed by atoms with Gasteiger partial charge in [0.15, 0.2) is 0 Å². The van der Waals surface area contributed by atoms with E-state index in [9.17, 15) is 0 Å². The van der Waals surface area contributed by atoms with Crippen LogP contribution in [0.15, 0.2) is 253 Å². The molecular weight excluding hydrogens is 811 g/mol. The number of hydrogen-bond donors (Lipinski definition) is 0. The summed E-state index contributed by atoms with van der Waals surface area (Å²) in [7, 11) is 0. The molecule has 0 aliphatic heterocycles. The van der Waals surface area contributed by atoms with Crippen LogP contribution >= 0.6 is 0 Å². The van der Waals surface area contributed by atoms with E-state index in [0.717, 1.165) is 67.0 Å². The van der Waals surface area contributed by atoms with E-state index in [2.05, 4.69) is 254 Å². The van der Waals surface area contributed by atoms with Crippen LogP contribution in [0.25, 0.3) is 88.3 Å². The van der Waals surface area contributed by atoms with Crippen molar-refractivity contribution in [3.8, 4) is 55.8 Å². The third-order valence-electron chi connectivity index (χ3n) is 14.5. The van der Waals surface area contributed by atoms with Gasteiger partial charge in [0.2, 0.25) is 0 Å². The van der Waals surface area contributed by atoms with Crippen LogP contribution in [-0.2, 0) is 5.41 Å². The van der Waals surface area contributed by atoms with Crippen molar-refractivity contribution in [1.29, 1.82) is 0 Å². The molecule has 67 heavy (non-hydrogen) atoms. The molecule has 12 aromatic rings. The van der Waals surface area contributed by atoms with Crippen molar-refractivity contribution in [2.24, 2.45) is 0 Å². The first-order valence-electron chi connectivity index (χ1n) is 23.2. The number of hydrogen-bond acceptors (Lipinski definition) is 2. The highest BCUT2D eigenvalue weighted by Gasteiger charge is 2.52. The van der Waals surface area contributed by atoms with Gasteiger partial charge < -0.3 is 9.32 Å². The van der Waals surface area contributed by atoms with Gasteiger partial charge in [0, 0.05) is 38.8 Å². The first kappa shape index (κ1) is 37.6. The Morgan fingerprint density at radius 3 is 1.51 bits per heavy atom. The fraction of sp³-hybridized carbons (Fsp3) is 0.0154. The van der Waals surface area contributed by atoms with Crippen molar-refractivity contribution >= 4 is 49.6 Å². The van der Waals surface area contributed by atoms with E-state index < -0.39 is 5.41 Å². The van der Waals surface area contributed by atoms with Gasteiger partial charge in [-0.15, -0.1) is 0 Å². The quantitative estimate of drug-likeness (QED) is 0.155. The molecule has 0 saturated heterocycles. The summed E-state index contributed by atoms with van der Waals surface area (Å²) in [6.07, 6.45) is 0. The Morgan fingerprint density at radius 2 is 0.821 bits per heavy atom. The van der Waals surface area contributed by atoms with E-state index in [4.69, 9.17) is 4.42 Å². The van der Waals surface area contributed by atoms with E-state index >= 15 is 0 Å². The summed E-state index contributed by atoms with van der Waals surface area (Å²) in [5.74, 6) is 0.887. The highest BCUT2D eigenvalue weighted by Crippen LogP contribution is 2.64. The first-order chi connectivity index (χ1) is 33.3. The van der Waals surface area contributed by atoms with Gasteiger partial charge in [-0.3, -0.25) is 0 Å². The number of anilines is 3. The van der Waals surface area contributed by atoms with Crippen molar-refractivity contribution in [3.05, 3.63) is 271 Å². The van der Waals surface area contributed by atoms with Crippen molar-refractivity contribution in [2.75, 3.05) is 4.90 Å². The smallest absolute Gasteiger partial charge is 0.143 e. The molecule has 1 spiro atoms. The largest absolute Gasteiger partial charge is 0.455 e. The average Bonchev–Trinajstić information content (AvgIpc) is 4.06. The zero-order valence-corrected chi connectivity index (χ0v) is 36.5. The second-order valence-corrected chi connectivity index (χ2v) is 17.9. The zero-order valence-electron chi connectivity index (χ0n) is 36.5. The minimum Gasteiger partial charge on any atom is -0.455 e. The monoisotopic (exact) mass is 851 g/mol. The molecule has 0 atom stereocenters. The highest BCUT2D eigenvalue weighted by atomic mass is 16.3. The molecule has 2 nitrogen and oxygen atoms in total. The molecule has 0 amide bonds. The number of fused-ring (bicyclic) bond motifs is 16. The van der Waals surface area contributed by atoms with Crippen LogP contribution in [0.2, 0.25) is 0 Å². The van der Waals surface area contributed by atoms with Crippen LogP contribution in [-0.4, -0.2) is 0 Å². The molecule has 312 valence electrons. The molecule has 2 heteroatoms. The summed E-state index contributed by atoms with van der Waals surface area (Å²) in [4.78, 5) is 2.44. The maximum Gasteiger partial charge on any atom is 0.143 e. The Bertz CT molecular complexity index is 3860. The average molecular weight is 852 g/mol. The molecule has 14 rings (SSSR count). The summed E-state index contributed by atoms with van der Waals surface area (Å²) < 4.78 is 7.13. The van der Waals surface area contributed by atoms with Crippen molar-refractivity contribution in [1.82, 2.24) is 0 Å². The predicted octanol–water partition coefficient (Wildman–Crippen LogP) is 17.6. The number of para-hydroxylation sites is 1. The van der Waals surface area contributed by atoms with Crippen molar-refractivity contribution < 1.29 is 4.42 Å². The summed E-state index contributed by atoms with van der Waals surface area (Å²) in [5, 5.41) is 5.82. The van der Waals surface area contributed by atoms with Gasteiger partial charge in [-0.25, -0.2) is 0 Å². The topological polar surface area (TPSA) is 16.4 Å². The molecule has 0 N–H and O–H groups in total. The lowest BCUT2D eigenvalue weighted by Crippen LogP contribution is -2.26. The van der Waals surface area contributed by atoms with Gasteiger partial charge in [-0.2, -0.15) is 0 Å². The summed E-state index contributed by atoms with van der Waals surface area (Å²) in [6.45, 7) is 0. The van der Waals surface area contributed by atoms with Gasteiger partial charge in [0.25, 0.3) is 0 Å². The van der Waals surface area contributed by atoms with Gasteiger partial charge >= 0.3 is 0 Å². The third-order valence-corrected chi connectivity index (χ3v) is 14.5. The second-order valence-electron chi connectivity index (χ2n) is 17.9. The standard InChI is InChI=1S/C65H41NO/c1-4-19-43(20-5-1)60-62-52-28-11-10-25-48(52)49-40-37-45(41-54(49)64(62)67-63(60)44-21-6-2-7-22-44)42-35-38-47(39-36-42)66(46-23-8-3-9-24-46)59-34-18-33-58-61(59)53-29-14-17-32-57(53)65(58)55-30-15-12-26-50(55)51-27-13-16-31-56(51)65/h1-41H. The lowest BCUT2D eigenvalue weighted by atomic mass is 9.70. The van der Waals surface area contributed by atoms with Crippen LogP contribution in [0, 0.1) is 0 Å². The molecule has 1 aromatic heterocycles. The van der Waals surface area contributed by atoms with Crippen molar-refractivity contribution in [2.45, 2.75) is 5.41 Å².